The summed E-state index contributed by atoms with van der Waals surface area (Å²) in [6, 6.07) is 9.27. The number of hydrogen-bond donors (Lipinski definition) is 2. The maximum absolute atomic E-state index is 13.1. The summed E-state index contributed by atoms with van der Waals surface area (Å²) in [6.07, 6.45) is 1.49. The van der Waals surface area contributed by atoms with E-state index in [2.05, 4.69) is 5.10 Å². The van der Waals surface area contributed by atoms with Crippen molar-refractivity contribution in [3.05, 3.63) is 42.2 Å². The highest BCUT2D eigenvalue weighted by Gasteiger charge is 2.33. The molecule has 1 aromatic carbocycles. The van der Waals surface area contributed by atoms with Gasteiger partial charge in [0.15, 0.2) is 0 Å². The van der Waals surface area contributed by atoms with Gasteiger partial charge in [0.05, 0.1) is 30.8 Å². The van der Waals surface area contributed by atoms with Gasteiger partial charge in [0.1, 0.15) is 4.90 Å². The standard InChI is InChI=1S/C17H25N3O4S/c1-17(2,3)16-15(25(23,24)19(9-11-21)10-12-22)13-20(18-16)14-7-5-4-6-8-14/h4-8,13,21-22H,9-12H2,1-3H3. The van der Waals surface area contributed by atoms with Gasteiger partial charge in [-0.05, 0) is 12.1 Å². The fourth-order valence-corrected chi connectivity index (χ4v) is 4.24. The van der Waals surface area contributed by atoms with Gasteiger partial charge in [-0.3, -0.25) is 0 Å². The minimum atomic E-state index is -3.90. The summed E-state index contributed by atoms with van der Waals surface area (Å²) in [5.41, 5.74) is 0.703. The number of aromatic nitrogens is 2. The van der Waals surface area contributed by atoms with Crippen LogP contribution >= 0.6 is 0 Å². The number of nitrogens with zero attached hydrogens (tertiary/aromatic N) is 3. The van der Waals surface area contributed by atoms with Crippen LogP contribution in [0.1, 0.15) is 26.5 Å². The van der Waals surface area contributed by atoms with Crippen molar-refractivity contribution in [3.63, 3.8) is 0 Å². The molecule has 8 heteroatoms. The Labute approximate surface area is 148 Å². The molecule has 0 unspecified atom stereocenters. The second kappa shape index (κ2) is 7.65. The average molecular weight is 367 g/mol. The Morgan fingerprint density at radius 2 is 1.64 bits per heavy atom. The molecule has 2 N–H and O–H groups in total. The monoisotopic (exact) mass is 367 g/mol. The summed E-state index contributed by atoms with van der Waals surface area (Å²) in [5, 5.41) is 22.9. The molecule has 2 rings (SSSR count). The van der Waals surface area contributed by atoms with E-state index in [-0.39, 0.29) is 31.2 Å². The molecule has 25 heavy (non-hydrogen) atoms. The lowest BCUT2D eigenvalue weighted by atomic mass is 9.92. The van der Waals surface area contributed by atoms with E-state index in [0.717, 1.165) is 9.99 Å². The normalized spacial score (nSPS) is 12.7. The molecule has 138 valence electrons. The Balaban J connectivity index is 2.60. The van der Waals surface area contributed by atoms with Crippen molar-refractivity contribution in [1.29, 1.82) is 0 Å². The number of rotatable bonds is 7. The molecule has 0 aliphatic rings. The average Bonchev–Trinajstić information content (AvgIpc) is 3.02. The van der Waals surface area contributed by atoms with Crippen molar-refractivity contribution >= 4 is 10.0 Å². The third kappa shape index (κ3) is 4.27. The van der Waals surface area contributed by atoms with E-state index in [1.807, 2.05) is 51.1 Å². The fraction of sp³-hybridized carbons (Fsp3) is 0.471. The molecule has 1 heterocycles. The van der Waals surface area contributed by atoms with Crippen LogP contribution in [-0.4, -0.2) is 59.0 Å². The van der Waals surface area contributed by atoms with E-state index in [1.54, 1.807) is 4.68 Å². The highest BCUT2D eigenvalue weighted by Crippen LogP contribution is 2.30. The van der Waals surface area contributed by atoms with Gasteiger partial charge >= 0.3 is 0 Å². The molecule has 0 amide bonds. The predicted molar refractivity (Wildman–Crippen MR) is 95.2 cm³/mol. The number of hydrogen-bond acceptors (Lipinski definition) is 5. The number of aliphatic hydroxyl groups is 2. The van der Waals surface area contributed by atoms with Crippen LogP contribution in [-0.2, 0) is 15.4 Å². The lowest BCUT2D eigenvalue weighted by Crippen LogP contribution is -2.36. The Hall–Kier alpha value is -1.74. The van der Waals surface area contributed by atoms with Crippen molar-refractivity contribution in [1.82, 2.24) is 14.1 Å². The summed E-state index contributed by atoms with van der Waals surface area (Å²) in [5.74, 6) is 0. The fourth-order valence-electron chi connectivity index (χ4n) is 2.49. The molecule has 0 saturated carbocycles. The lowest BCUT2D eigenvalue weighted by Gasteiger charge is -2.23. The van der Waals surface area contributed by atoms with Crippen molar-refractivity contribution in [3.8, 4) is 5.69 Å². The first-order valence-corrected chi connectivity index (χ1v) is 9.53. The first-order chi connectivity index (χ1) is 11.7. The molecular formula is C17H25N3O4S. The van der Waals surface area contributed by atoms with E-state index in [4.69, 9.17) is 0 Å². The SMILES string of the molecule is CC(C)(C)c1nn(-c2ccccc2)cc1S(=O)(=O)N(CCO)CCO. The summed E-state index contributed by atoms with van der Waals surface area (Å²) in [4.78, 5) is 0.0887. The van der Waals surface area contributed by atoms with E-state index in [9.17, 15) is 18.6 Å². The minimum Gasteiger partial charge on any atom is -0.395 e. The second-order valence-electron chi connectivity index (χ2n) is 6.72. The first kappa shape index (κ1) is 19.6. The van der Waals surface area contributed by atoms with Gasteiger partial charge in [0, 0.05) is 18.5 Å². The number of sulfonamides is 1. The zero-order valence-corrected chi connectivity index (χ0v) is 15.6. The van der Waals surface area contributed by atoms with Crippen LogP contribution < -0.4 is 0 Å². The van der Waals surface area contributed by atoms with Crippen molar-refractivity contribution < 1.29 is 18.6 Å². The van der Waals surface area contributed by atoms with Crippen LogP contribution in [0.5, 0.6) is 0 Å². The van der Waals surface area contributed by atoms with Crippen LogP contribution in [0.3, 0.4) is 0 Å². The highest BCUT2D eigenvalue weighted by molar-refractivity contribution is 7.89. The molecule has 0 atom stereocenters. The van der Waals surface area contributed by atoms with Crippen molar-refractivity contribution in [2.75, 3.05) is 26.3 Å². The third-order valence-electron chi connectivity index (χ3n) is 3.73. The molecule has 0 radical (unpaired) electrons. The smallest absolute Gasteiger partial charge is 0.246 e. The zero-order valence-electron chi connectivity index (χ0n) is 14.8. The highest BCUT2D eigenvalue weighted by atomic mass is 32.2. The van der Waals surface area contributed by atoms with E-state index >= 15 is 0 Å². The van der Waals surface area contributed by atoms with Crippen LogP contribution in [0.4, 0.5) is 0 Å². The van der Waals surface area contributed by atoms with Gasteiger partial charge in [-0.25, -0.2) is 13.1 Å². The van der Waals surface area contributed by atoms with Gasteiger partial charge in [-0.2, -0.15) is 9.40 Å². The van der Waals surface area contributed by atoms with Gasteiger partial charge in [-0.1, -0.05) is 39.0 Å². The Morgan fingerprint density at radius 3 is 2.12 bits per heavy atom. The number of para-hydroxylation sites is 1. The van der Waals surface area contributed by atoms with Crippen molar-refractivity contribution in [2.45, 2.75) is 31.1 Å². The number of aliphatic hydroxyl groups excluding tert-OH is 2. The Bertz CT molecular complexity index is 789. The topological polar surface area (TPSA) is 95.7 Å². The minimum absolute atomic E-state index is 0.0804. The summed E-state index contributed by atoms with van der Waals surface area (Å²) >= 11 is 0. The molecule has 1 aromatic heterocycles. The van der Waals surface area contributed by atoms with Gasteiger partial charge < -0.3 is 10.2 Å². The first-order valence-electron chi connectivity index (χ1n) is 8.09. The summed E-state index contributed by atoms with van der Waals surface area (Å²) in [7, 11) is -3.90. The molecule has 0 bridgehead atoms. The molecule has 0 saturated heterocycles. The Morgan fingerprint density at radius 1 is 1.08 bits per heavy atom. The second-order valence-corrected chi connectivity index (χ2v) is 8.63. The summed E-state index contributed by atoms with van der Waals surface area (Å²) in [6.45, 7) is 4.88. The van der Waals surface area contributed by atoms with Crippen molar-refractivity contribution in [2.24, 2.45) is 0 Å². The Kier molecular flexibility index (Phi) is 5.99. The van der Waals surface area contributed by atoms with Gasteiger partial charge in [-0.15, -0.1) is 0 Å². The molecule has 0 fully saturated rings. The van der Waals surface area contributed by atoms with E-state index < -0.39 is 15.4 Å². The zero-order chi connectivity index (χ0) is 18.7. The van der Waals surface area contributed by atoms with Crippen LogP contribution in [0.25, 0.3) is 5.69 Å². The van der Waals surface area contributed by atoms with Crippen LogP contribution in [0.2, 0.25) is 0 Å². The molecule has 0 spiro atoms. The van der Waals surface area contributed by atoms with Gasteiger partial charge in [0.2, 0.25) is 10.0 Å². The van der Waals surface area contributed by atoms with Gasteiger partial charge in [0.25, 0.3) is 0 Å². The predicted octanol–water partition coefficient (Wildman–Crippen LogP) is 1.15. The molecule has 2 aromatic rings. The summed E-state index contributed by atoms with van der Waals surface area (Å²) < 4.78 is 28.8. The van der Waals surface area contributed by atoms with E-state index in [0.29, 0.717) is 5.69 Å². The van der Waals surface area contributed by atoms with Crippen LogP contribution in [0.15, 0.2) is 41.4 Å². The maximum Gasteiger partial charge on any atom is 0.246 e. The molecule has 0 aliphatic heterocycles. The third-order valence-corrected chi connectivity index (χ3v) is 5.63. The maximum atomic E-state index is 13.1. The quantitative estimate of drug-likeness (QED) is 0.765. The van der Waals surface area contributed by atoms with Crippen LogP contribution in [0, 0.1) is 0 Å². The molecular weight excluding hydrogens is 342 g/mol. The number of benzene rings is 1. The lowest BCUT2D eigenvalue weighted by molar-refractivity contribution is 0.217. The molecule has 7 nitrogen and oxygen atoms in total. The molecule has 0 aliphatic carbocycles. The van der Waals surface area contributed by atoms with E-state index in [1.165, 1.54) is 6.20 Å². The largest absolute Gasteiger partial charge is 0.395 e.